The molecule has 2 saturated heterocycles. The van der Waals surface area contributed by atoms with Crippen molar-refractivity contribution in [3.05, 3.63) is 66.0 Å². The van der Waals surface area contributed by atoms with E-state index in [1.54, 1.807) is 40.1 Å². The highest BCUT2D eigenvalue weighted by Crippen LogP contribution is 2.26. The number of hydrogen-bond acceptors (Lipinski definition) is 3. The summed E-state index contributed by atoms with van der Waals surface area (Å²) in [7, 11) is 0. The lowest BCUT2D eigenvalue weighted by Gasteiger charge is -2.36. The van der Waals surface area contributed by atoms with Crippen LogP contribution < -0.4 is 4.90 Å². The highest BCUT2D eigenvalue weighted by Gasteiger charge is 2.41. The first-order valence-electron chi connectivity index (χ1n) is 9.28. The molecule has 0 N–H and O–H groups in total. The molecule has 0 spiro atoms. The molecule has 2 heterocycles. The van der Waals surface area contributed by atoms with Gasteiger partial charge in [-0.15, -0.1) is 0 Å². The molecule has 2 aromatic rings. The van der Waals surface area contributed by atoms with Crippen molar-refractivity contribution in [2.75, 3.05) is 24.5 Å². The largest absolute Gasteiger partial charge is 0.338 e. The Labute approximate surface area is 162 Å². The molecule has 0 aliphatic carbocycles. The first-order valence-corrected chi connectivity index (χ1v) is 9.28. The molecule has 0 atom stereocenters. The topological polar surface area (TPSA) is 60.9 Å². The molecule has 4 amide bonds. The highest BCUT2D eigenvalue weighted by molar-refractivity contribution is 6.19. The molecule has 6 nitrogen and oxygen atoms in total. The van der Waals surface area contributed by atoms with Gasteiger partial charge >= 0.3 is 6.03 Å². The van der Waals surface area contributed by atoms with Gasteiger partial charge in [0.15, 0.2) is 0 Å². The first kappa shape index (κ1) is 18.2. The average molecular weight is 381 g/mol. The van der Waals surface area contributed by atoms with Crippen molar-refractivity contribution in [2.24, 2.45) is 0 Å². The maximum Gasteiger partial charge on any atom is 0.332 e. The van der Waals surface area contributed by atoms with E-state index in [4.69, 9.17) is 0 Å². The lowest BCUT2D eigenvalue weighted by atomic mass is 10.0. The molecule has 0 bridgehead atoms. The molecular formula is C21H20FN3O3. The van der Waals surface area contributed by atoms with Crippen molar-refractivity contribution in [3.8, 4) is 0 Å². The third kappa shape index (κ3) is 3.35. The van der Waals surface area contributed by atoms with E-state index >= 15 is 0 Å². The van der Waals surface area contributed by atoms with Gasteiger partial charge in [-0.25, -0.2) is 14.1 Å². The van der Waals surface area contributed by atoms with Gasteiger partial charge in [-0.1, -0.05) is 24.3 Å². The van der Waals surface area contributed by atoms with Crippen LogP contribution in [0.3, 0.4) is 0 Å². The number of benzene rings is 2. The van der Waals surface area contributed by atoms with Gasteiger partial charge in [-0.2, -0.15) is 0 Å². The summed E-state index contributed by atoms with van der Waals surface area (Å²) in [6.45, 7) is 0.975. The Hall–Kier alpha value is -3.22. The number of urea groups is 1. The van der Waals surface area contributed by atoms with Crippen molar-refractivity contribution in [3.63, 3.8) is 0 Å². The summed E-state index contributed by atoms with van der Waals surface area (Å²) in [5, 5.41) is 0. The van der Waals surface area contributed by atoms with Crippen molar-refractivity contribution < 1.29 is 18.8 Å². The first-order chi connectivity index (χ1) is 13.5. The van der Waals surface area contributed by atoms with Crippen molar-refractivity contribution >= 4 is 23.5 Å². The fraction of sp³-hybridized carbons (Fsp3) is 0.286. The Morgan fingerprint density at radius 3 is 2.36 bits per heavy atom. The van der Waals surface area contributed by atoms with Crippen LogP contribution in [-0.4, -0.2) is 53.3 Å². The number of hydrogen-bond donors (Lipinski definition) is 0. The second-order valence-electron chi connectivity index (χ2n) is 7.01. The summed E-state index contributed by atoms with van der Waals surface area (Å²) in [4.78, 5) is 42.2. The van der Waals surface area contributed by atoms with Gasteiger partial charge in [0, 0.05) is 24.7 Å². The maximum atomic E-state index is 13.4. The van der Waals surface area contributed by atoms with E-state index in [-0.39, 0.29) is 30.4 Å². The Morgan fingerprint density at radius 2 is 1.68 bits per heavy atom. The fourth-order valence-electron chi connectivity index (χ4n) is 3.82. The molecule has 0 unspecified atom stereocenters. The number of amides is 4. The van der Waals surface area contributed by atoms with E-state index in [0.29, 0.717) is 37.2 Å². The summed E-state index contributed by atoms with van der Waals surface area (Å²) in [5.41, 5.74) is 0.889. The standard InChI is InChI=1S/C21H20FN3O3/c22-16-6-4-5-15(13-16)20(27)23-11-9-17(10-12-23)24-14-19(26)25(21(24)28)18-7-2-1-3-8-18/h1-8,13,17H,9-12,14H2. The lowest BCUT2D eigenvalue weighted by Crippen LogP contribution is -2.48. The second-order valence-corrected chi connectivity index (χ2v) is 7.01. The van der Waals surface area contributed by atoms with Crippen molar-refractivity contribution in [2.45, 2.75) is 18.9 Å². The lowest BCUT2D eigenvalue weighted by molar-refractivity contribution is -0.116. The Morgan fingerprint density at radius 1 is 0.964 bits per heavy atom. The minimum absolute atomic E-state index is 0.0518. The zero-order valence-corrected chi connectivity index (χ0v) is 15.3. The van der Waals surface area contributed by atoms with E-state index in [0.717, 1.165) is 0 Å². The van der Waals surface area contributed by atoms with Crippen LogP contribution in [0.2, 0.25) is 0 Å². The minimum Gasteiger partial charge on any atom is -0.338 e. The molecule has 2 aliphatic heterocycles. The fourth-order valence-corrected chi connectivity index (χ4v) is 3.82. The number of piperidine rings is 1. The molecule has 2 aliphatic rings. The predicted molar refractivity (Wildman–Crippen MR) is 101 cm³/mol. The molecule has 4 rings (SSSR count). The van der Waals surface area contributed by atoms with Crippen molar-refractivity contribution in [1.82, 2.24) is 9.80 Å². The molecule has 2 fully saturated rings. The Kier molecular flexibility index (Phi) is 4.81. The number of rotatable bonds is 3. The molecule has 28 heavy (non-hydrogen) atoms. The van der Waals surface area contributed by atoms with Gasteiger partial charge in [-0.05, 0) is 43.2 Å². The predicted octanol–water partition coefficient (Wildman–Crippen LogP) is 2.90. The van der Waals surface area contributed by atoms with E-state index in [9.17, 15) is 18.8 Å². The molecule has 0 radical (unpaired) electrons. The molecular weight excluding hydrogens is 361 g/mol. The number of nitrogens with zero attached hydrogens (tertiary/aromatic N) is 3. The van der Waals surface area contributed by atoms with Crippen LogP contribution in [0.4, 0.5) is 14.9 Å². The summed E-state index contributed by atoms with van der Waals surface area (Å²) in [6, 6.07) is 14.1. The van der Waals surface area contributed by atoms with Crippen molar-refractivity contribution in [1.29, 1.82) is 0 Å². The highest BCUT2D eigenvalue weighted by atomic mass is 19.1. The smallest absolute Gasteiger partial charge is 0.332 e. The number of halogens is 1. The molecule has 144 valence electrons. The SMILES string of the molecule is O=C(c1cccc(F)c1)N1CCC(N2CC(=O)N(c3ccccc3)C2=O)CC1. The van der Waals surface area contributed by atoms with Crippen LogP contribution in [0.15, 0.2) is 54.6 Å². The summed E-state index contributed by atoms with van der Waals surface area (Å²) < 4.78 is 13.4. The Bertz CT molecular complexity index is 910. The van der Waals surface area contributed by atoms with Gasteiger partial charge in [-0.3, -0.25) is 9.59 Å². The van der Waals surface area contributed by atoms with Crippen LogP contribution in [0.25, 0.3) is 0 Å². The van der Waals surface area contributed by atoms with E-state index in [2.05, 4.69) is 0 Å². The molecule has 0 saturated carbocycles. The number of anilines is 1. The second kappa shape index (κ2) is 7.42. The number of imide groups is 1. The Balaban J connectivity index is 1.41. The number of carbonyl (C=O) groups is 3. The maximum absolute atomic E-state index is 13.4. The van der Waals surface area contributed by atoms with Crippen LogP contribution in [0.1, 0.15) is 23.2 Å². The van der Waals surface area contributed by atoms with Gasteiger partial charge in [0.1, 0.15) is 12.4 Å². The zero-order chi connectivity index (χ0) is 19.7. The van der Waals surface area contributed by atoms with E-state index in [1.165, 1.54) is 23.1 Å². The van der Waals surface area contributed by atoms with Gasteiger partial charge < -0.3 is 9.80 Å². The summed E-state index contributed by atoms with van der Waals surface area (Å²) in [5.74, 6) is -0.898. The quantitative estimate of drug-likeness (QED) is 0.768. The van der Waals surface area contributed by atoms with Crippen LogP contribution in [0.5, 0.6) is 0 Å². The third-order valence-corrected chi connectivity index (χ3v) is 5.27. The number of para-hydroxylation sites is 1. The summed E-state index contributed by atoms with van der Waals surface area (Å²) in [6.07, 6.45) is 1.17. The molecule has 0 aromatic heterocycles. The minimum atomic E-state index is -0.442. The van der Waals surface area contributed by atoms with Crippen LogP contribution >= 0.6 is 0 Å². The van der Waals surface area contributed by atoms with Crippen LogP contribution in [-0.2, 0) is 4.79 Å². The van der Waals surface area contributed by atoms with Crippen LogP contribution in [0, 0.1) is 5.82 Å². The monoisotopic (exact) mass is 381 g/mol. The molecule has 2 aromatic carbocycles. The normalized spacial score (nSPS) is 18.1. The number of carbonyl (C=O) groups excluding carboxylic acids is 3. The van der Waals surface area contributed by atoms with Gasteiger partial charge in [0.2, 0.25) is 0 Å². The van der Waals surface area contributed by atoms with Gasteiger partial charge in [0.05, 0.1) is 5.69 Å². The van der Waals surface area contributed by atoms with E-state index < -0.39 is 5.82 Å². The molecule has 7 heteroatoms. The van der Waals surface area contributed by atoms with Gasteiger partial charge in [0.25, 0.3) is 11.8 Å². The average Bonchev–Trinajstić information content (AvgIpc) is 3.02. The zero-order valence-electron chi connectivity index (χ0n) is 15.3. The summed E-state index contributed by atoms with van der Waals surface area (Å²) >= 11 is 0. The third-order valence-electron chi connectivity index (χ3n) is 5.27. The van der Waals surface area contributed by atoms with E-state index in [1.807, 2.05) is 6.07 Å². The number of likely N-dealkylation sites (tertiary alicyclic amines) is 1.